The molecule has 120 valence electrons. The molecule has 0 aliphatic carbocycles. The number of aryl methyl sites for hydroxylation is 2. The lowest BCUT2D eigenvalue weighted by Gasteiger charge is -2.07. The Hall–Kier alpha value is -3.14. The summed E-state index contributed by atoms with van der Waals surface area (Å²) in [6.45, 7) is 0. The van der Waals surface area contributed by atoms with Crippen LogP contribution in [0, 0.1) is 0 Å². The van der Waals surface area contributed by atoms with Crippen LogP contribution in [0.5, 0.6) is 5.88 Å². The lowest BCUT2D eigenvalue weighted by Crippen LogP contribution is -2.07. The van der Waals surface area contributed by atoms with Crippen molar-refractivity contribution in [3.8, 4) is 17.0 Å². The highest BCUT2D eigenvalue weighted by molar-refractivity contribution is 5.63. The van der Waals surface area contributed by atoms with E-state index in [1.54, 1.807) is 6.07 Å². The van der Waals surface area contributed by atoms with Gasteiger partial charge in [0.15, 0.2) is 0 Å². The molecular weight excluding hydrogens is 302 g/mol. The van der Waals surface area contributed by atoms with Gasteiger partial charge in [-0.05, 0) is 35.6 Å². The molecule has 4 heteroatoms. The first-order valence-electron chi connectivity index (χ1n) is 7.71. The number of hydrogen-bond donors (Lipinski definition) is 1. The maximum absolute atomic E-state index is 10.7. The van der Waals surface area contributed by atoms with Crippen molar-refractivity contribution in [2.45, 2.75) is 12.8 Å². The van der Waals surface area contributed by atoms with Gasteiger partial charge in [-0.1, -0.05) is 60.7 Å². The summed E-state index contributed by atoms with van der Waals surface area (Å²) in [7, 11) is 0. The van der Waals surface area contributed by atoms with Crippen molar-refractivity contribution in [2.75, 3.05) is 0 Å². The summed E-state index contributed by atoms with van der Waals surface area (Å²) in [5.41, 5.74) is 4.33. The van der Waals surface area contributed by atoms with Crippen LogP contribution < -0.4 is 4.74 Å². The summed E-state index contributed by atoms with van der Waals surface area (Å²) >= 11 is 0. The average Bonchev–Trinajstić information content (AvgIpc) is 2.62. The number of pyridine rings is 1. The minimum absolute atomic E-state index is 0.158. The van der Waals surface area contributed by atoms with Gasteiger partial charge in [0.25, 0.3) is 0 Å². The quantitative estimate of drug-likeness (QED) is 0.699. The van der Waals surface area contributed by atoms with Gasteiger partial charge in [0.1, 0.15) is 0 Å². The molecule has 0 aliphatic heterocycles. The minimum Gasteiger partial charge on any atom is -0.449 e. The van der Waals surface area contributed by atoms with Gasteiger partial charge in [0.2, 0.25) is 5.88 Å². The van der Waals surface area contributed by atoms with E-state index >= 15 is 0 Å². The monoisotopic (exact) mass is 319 g/mol. The number of nitrogens with zero attached hydrogens (tertiary/aromatic N) is 1. The number of carboxylic acid groups (broad SMARTS) is 1. The predicted molar refractivity (Wildman–Crippen MR) is 92.2 cm³/mol. The van der Waals surface area contributed by atoms with Crippen molar-refractivity contribution >= 4 is 6.16 Å². The Bertz CT molecular complexity index is 814. The van der Waals surface area contributed by atoms with Crippen molar-refractivity contribution < 1.29 is 14.6 Å². The fourth-order valence-corrected chi connectivity index (χ4v) is 2.56. The maximum atomic E-state index is 10.7. The number of carbonyl (C=O) groups is 1. The number of hydrogen-bond acceptors (Lipinski definition) is 3. The molecule has 24 heavy (non-hydrogen) atoms. The van der Waals surface area contributed by atoms with Gasteiger partial charge in [-0.15, -0.1) is 0 Å². The largest absolute Gasteiger partial charge is 0.512 e. The first-order chi connectivity index (χ1) is 11.7. The third-order valence-electron chi connectivity index (χ3n) is 3.78. The van der Waals surface area contributed by atoms with Crippen molar-refractivity contribution in [1.82, 2.24) is 4.98 Å². The van der Waals surface area contributed by atoms with Crippen molar-refractivity contribution in [1.29, 1.82) is 0 Å². The lowest BCUT2D eigenvalue weighted by atomic mass is 10.0. The van der Waals surface area contributed by atoms with E-state index < -0.39 is 6.16 Å². The molecule has 0 atom stereocenters. The van der Waals surface area contributed by atoms with Crippen LogP contribution in [0.25, 0.3) is 11.1 Å². The highest BCUT2D eigenvalue weighted by Crippen LogP contribution is 2.21. The predicted octanol–water partition coefficient (Wildman–Crippen LogP) is 4.59. The third kappa shape index (κ3) is 3.98. The van der Waals surface area contributed by atoms with E-state index in [-0.39, 0.29) is 5.88 Å². The first kappa shape index (κ1) is 15.7. The van der Waals surface area contributed by atoms with Crippen LogP contribution in [0.2, 0.25) is 0 Å². The van der Waals surface area contributed by atoms with E-state index in [1.807, 2.05) is 24.3 Å². The smallest absolute Gasteiger partial charge is 0.449 e. The Morgan fingerprint density at radius 1 is 0.875 bits per heavy atom. The highest BCUT2D eigenvalue weighted by Gasteiger charge is 2.09. The molecule has 3 aromatic rings. The third-order valence-corrected chi connectivity index (χ3v) is 3.78. The molecule has 1 aromatic heterocycles. The van der Waals surface area contributed by atoms with Gasteiger partial charge in [-0.2, -0.15) is 0 Å². The van der Waals surface area contributed by atoms with Crippen LogP contribution in [-0.4, -0.2) is 16.2 Å². The molecule has 0 radical (unpaired) electrons. The van der Waals surface area contributed by atoms with Crippen molar-refractivity contribution in [3.05, 3.63) is 84.1 Å². The normalized spacial score (nSPS) is 10.3. The van der Waals surface area contributed by atoms with Gasteiger partial charge < -0.3 is 9.84 Å². The molecule has 0 spiro atoms. The Morgan fingerprint density at radius 2 is 1.58 bits per heavy atom. The van der Waals surface area contributed by atoms with E-state index in [1.165, 1.54) is 22.9 Å². The summed E-state index contributed by atoms with van der Waals surface area (Å²) in [4.78, 5) is 14.7. The SMILES string of the molecule is O=C(O)Oc1ncccc1CCc1ccc(-c2ccccc2)cc1. The summed E-state index contributed by atoms with van der Waals surface area (Å²) < 4.78 is 4.72. The Labute approximate surface area is 140 Å². The molecule has 3 rings (SSSR count). The number of rotatable bonds is 5. The molecule has 0 saturated carbocycles. The zero-order chi connectivity index (χ0) is 16.8. The molecule has 1 heterocycles. The average molecular weight is 319 g/mol. The zero-order valence-electron chi connectivity index (χ0n) is 13.1. The second-order valence-electron chi connectivity index (χ2n) is 5.40. The Balaban J connectivity index is 1.68. The fraction of sp³-hybridized carbons (Fsp3) is 0.100. The van der Waals surface area contributed by atoms with E-state index in [9.17, 15) is 4.79 Å². The van der Waals surface area contributed by atoms with Crippen LogP contribution in [-0.2, 0) is 12.8 Å². The summed E-state index contributed by atoms with van der Waals surface area (Å²) in [5, 5.41) is 8.75. The van der Waals surface area contributed by atoms with E-state index in [0.29, 0.717) is 6.42 Å². The van der Waals surface area contributed by atoms with E-state index in [0.717, 1.165) is 12.0 Å². The van der Waals surface area contributed by atoms with Gasteiger partial charge >= 0.3 is 6.16 Å². The van der Waals surface area contributed by atoms with Crippen LogP contribution in [0.1, 0.15) is 11.1 Å². The molecule has 0 bridgehead atoms. The topological polar surface area (TPSA) is 59.4 Å². The molecule has 0 fully saturated rings. The lowest BCUT2D eigenvalue weighted by molar-refractivity contribution is 0.142. The zero-order valence-corrected chi connectivity index (χ0v) is 13.1. The van der Waals surface area contributed by atoms with Crippen molar-refractivity contribution in [3.63, 3.8) is 0 Å². The second kappa shape index (κ2) is 7.42. The first-order valence-corrected chi connectivity index (χ1v) is 7.71. The van der Waals surface area contributed by atoms with Crippen LogP contribution in [0.4, 0.5) is 4.79 Å². The summed E-state index contributed by atoms with van der Waals surface area (Å²) in [6, 6.07) is 22.2. The molecule has 0 aliphatic rings. The molecule has 2 aromatic carbocycles. The molecule has 0 unspecified atom stereocenters. The minimum atomic E-state index is -1.35. The summed E-state index contributed by atoms with van der Waals surface area (Å²) in [5.74, 6) is 0.158. The van der Waals surface area contributed by atoms with Gasteiger partial charge in [0.05, 0.1) is 0 Å². The molecule has 4 nitrogen and oxygen atoms in total. The highest BCUT2D eigenvalue weighted by atomic mass is 16.7. The fourth-order valence-electron chi connectivity index (χ4n) is 2.56. The maximum Gasteiger partial charge on any atom is 0.512 e. The Kier molecular flexibility index (Phi) is 4.87. The molecule has 0 amide bonds. The van der Waals surface area contributed by atoms with Crippen LogP contribution in [0.15, 0.2) is 72.9 Å². The van der Waals surface area contributed by atoms with Crippen molar-refractivity contribution in [2.24, 2.45) is 0 Å². The molecule has 1 N–H and O–H groups in total. The Morgan fingerprint density at radius 3 is 2.29 bits per heavy atom. The van der Waals surface area contributed by atoms with Gasteiger partial charge in [-0.3, -0.25) is 0 Å². The van der Waals surface area contributed by atoms with E-state index in [4.69, 9.17) is 9.84 Å². The molecular formula is C20H17NO3. The van der Waals surface area contributed by atoms with Gasteiger partial charge in [0, 0.05) is 11.8 Å². The van der Waals surface area contributed by atoms with Gasteiger partial charge in [-0.25, -0.2) is 9.78 Å². The van der Waals surface area contributed by atoms with Crippen LogP contribution in [0.3, 0.4) is 0 Å². The number of ether oxygens (including phenoxy) is 1. The number of benzene rings is 2. The van der Waals surface area contributed by atoms with E-state index in [2.05, 4.69) is 41.4 Å². The molecule has 0 saturated heterocycles. The number of aromatic nitrogens is 1. The standard InChI is InChI=1S/C20H17NO3/c22-20(23)24-19-18(7-4-14-21-19)13-10-15-8-11-17(12-9-15)16-5-2-1-3-6-16/h1-9,11-12,14H,10,13H2,(H,22,23). The second-order valence-corrected chi connectivity index (χ2v) is 5.40. The van der Waals surface area contributed by atoms with Crippen LogP contribution >= 0.6 is 0 Å². The summed E-state index contributed by atoms with van der Waals surface area (Å²) in [6.07, 6.45) is 1.64.